The van der Waals surface area contributed by atoms with Crippen molar-refractivity contribution in [2.75, 3.05) is 30.0 Å². The lowest BCUT2D eigenvalue weighted by molar-refractivity contribution is -0.151. The van der Waals surface area contributed by atoms with Crippen LogP contribution in [0.3, 0.4) is 0 Å². The predicted octanol–water partition coefficient (Wildman–Crippen LogP) is 5.34. The minimum absolute atomic E-state index is 0.00989. The second-order valence-electron chi connectivity index (χ2n) is 9.43. The molecule has 1 aliphatic heterocycles. The second kappa shape index (κ2) is 12.3. The van der Waals surface area contributed by atoms with Crippen molar-refractivity contribution in [2.45, 2.75) is 13.3 Å². The summed E-state index contributed by atoms with van der Waals surface area (Å²) in [6.07, 6.45) is -0.00989. The van der Waals surface area contributed by atoms with E-state index in [-0.39, 0.29) is 25.5 Å². The van der Waals surface area contributed by atoms with Crippen molar-refractivity contribution < 1.29 is 33.4 Å². The van der Waals surface area contributed by atoms with E-state index >= 15 is 0 Å². The van der Waals surface area contributed by atoms with Crippen molar-refractivity contribution in [3.8, 4) is 11.5 Å². The van der Waals surface area contributed by atoms with E-state index < -0.39 is 30.4 Å². The number of nitrogens with zero attached hydrogens (tertiary/aromatic N) is 1. The lowest BCUT2D eigenvalue weighted by Gasteiger charge is -2.17. The number of hydrogen-bond donors (Lipinski definition) is 1. The fraction of sp³-hybridized carbons (Fsp3) is 0.188. The molecule has 0 bridgehead atoms. The minimum Gasteiger partial charge on any atom is -0.462 e. The van der Waals surface area contributed by atoms with E-state index in [0.717, 1.165) is 16.5 Å². The summed E-state index contributed by atoms with van der Waals surface area (Å²) < 4.78 is 16.2. The number of nitrogens with one attached hydrogen (secondary N) is 1. The van der Waals surface area contributed by atoms with Crippen LogP contribution in [0, 0.1) is 5.92 Å². The standard InChI is InChI=1S/C32H28N2O7/c1-2-39-31(37)22-10-12-24(13-11-22)33-29(35)20-40-32(38)23-18-30(36)34(19-23)25-14-16-26(17-15-25)41-28-9-5-7-21-6-3-4-8-27(21)28/h3-17,23H,2,18-20H2,1H3,(H,33,35)/t23-/m1/s1. The summed E-state index contributed by atoms with van der Waals surface area (Å²) in [6.45, 7) is 1.64. The van der Waals surface area contributed by atoms with Gasteiger partial charge < -0.3 is 24.4 Å². The predicted molar refractivity (Wildman–Crippen MR) is 153 cm³/mol. The Hall–Kier alpha value is -5.18. The van der Waals surface area contributed by atoms with Gasteiger partial charge in [0.2, 0.25) is 5.91 Å². The van der Waals surface area contributed by atoms with Crippen LogP contribution < -0.4 is 15.0 Å². The Kier molecular flexibility index (Phi) is 8.24. The van der Waals surface area contributed by atoms with Gasteiger partial charge in [-0.1, -0.05) is 36.4 Å². The van der Waals surface area contributed by atoms with E-state index in [1.165, 1.54) is 17.0 Å². The molecule has 1 atom stereocenters. The summed E-state index contributed by atoms with van der Waals surface area (Å²) in [5.74, 6) is -1.16. The van der Waals surface area contributed by atoms with Crippen molar-refractivity contribution in [1.82, 2.24) is 0 Å². The van der Waals surface area contributed by atoms with Crippen molar-refractivity contribution >= 4 is 45.9 Å². The average Bonchev–Trinajstić information content (AvgIpc) is 3.38. The first-order valence-corrected chi connectivity index (χ1v) is 13.2. The van der Waals surface area contributed by atoms with Crippen LogP contribution in [0.1, 0.15) is 23.7 Å². The Labute approximate surface area is 236 Å². The van der Waals surface area contributed by atoms with Crippen LogP contribution in [-0.2, 0) is 23.9 Å². The summed E-state index contributed by atoms with van der Waals surface area (Å²) in [5.41, 5.74) is 1.44. The molecule has 9 heteroatoms. The molecular weight excluding hydrogens is 524 g/mol. The van der Waals surface area contributed by atoms with E-state index in [9.17, 15) is 19.2 Å². The van der Waals surface area contributed by atoms with Gasteiger partial charge in [-0.3, -0.25) is 14.4 Å². The minimum atomic E-state index is -0.689. The van der Waals surface area contributed by atoms with Crippen molar-refractivity contribution in [1.29, 1.82) is 0 Å². The highest BCUT2D eigenvalue weighted by Gasteiger charge is 2.36. The molecule has 0 saturated carbocycles. The smallest absolute Gasteiger partial charge is 0.338 e. The monoisotopic (exact) mass is 552 g/mol. The molecule has 0 aromatic heterocycles. The maximum absolute atomic E-state index is 12.7. The fourth-order valence-electron chi connectivity index (χ4n) is 4.58. The van der Waals surface area contributed by atoms with E-state index in [2.05, 4.69) is 5.32 Å². The molecule has 2 amide bonds. The fourth-order valence-corrected chi connectivity index (χ4v) is 4.58. The molecule has 1 heterocycles. The zero-order valence-electron chi connectivity index (χ0n) is 22.4. The highest BCUT2D eigenvalue weighted by atomic mass is 16.5. The van der Waals surface area contributed by atoms with Gasteiger partial charge >= 0.3 is 11.9 Å². The van der Waals surface area contributed by atoms with Crippen LogP contribution in [0.4, 0.5) is 11.4 Å². The quantitative estimate of drug-likeness (QED) is 0.279. The number of amides is 2. The number of fused-ring (bicyclic) bond motifs is 1. The molecule has 9 nitrogen and oxygen atoms in total. The highest BCUT2D eigenvalue weighted by Crippen LogP contribution is 2.32. The molecule has 0 aliphatic carbocycles. The molecule has 1 fully saturated rings. The highest BCUT2D eigenvalue weighted by molar-refractivity contribution is 6.00. The Morgan fingerprint density at radius 1 is 0.878 bits per heavy atom. The van der Waals surface area contributed by atoms with Gasteiger partial charge in [-0.2, -0.15) is 0 Å². The Morgan fingerprint density at radius 2 is 1.61 bits per heavy atom. The zero-order valence-corrected chi connectivity index (χ0v) is 22.4. The van der Waals surface area contributed by atoms with Gasteiger partial charge in [0, 0.05) is 29.7 Å². The van der Waals surface area contributed by atoms with Crippen molar-refractivity contribution in [2.24, 2.45) is 5.92 Å². The number of hydrogen-bond acceptors (Lipinski definition) is 7. The Bertz CT molecular complexity index is 1580. The summed E-state index contributed by atoms with van der Waals surface area (Å²) in [6, 6.07) is 27.1. The van der Waals surface area contributed by atoms with E-state index in [1.54, 1.807) is 43.3 Å². The van der Waals surface area contributed by atoms with Gasteiger partial charge in [0.1, 0.15) is 11.5 Å². The number of ether oxygens (including phenoxy) is 3. The van der Waals surface area contributed by atoms with E-state index in [4.69, 9.17) is 14.2 Å². The molecule has 41 heavy (non-hydrogen) atoms. The number of esters is 2. The molecule has 1 saturated heterocycles. The number of carbonyl (C=O) groups is 4. The second-order valence-corrected chi connectivity index (χ2v) is 9.43. The number of benzene rings is 4. The molecule has 0 unspecified atom stereocenters. The van der Waals surface area contributed by atoms with Crippen LogP contribution in [0.25, 0.3) is 10.8 Å². The van der Waals surface area contributed by atoms with Crippen LogP contribution in [0.2, 0.25) is 0 Å². The summed E-state index contributed by atoms with van der Waals surface area (Å²) in [4.78, 5) is 50.8. The largest absolute Gasteiger partial charge is 0.462 e. The lowest BCUT2D eigenvalue weighted by atomic mass is 10.1. The average molecular weight is 553 g/mol. The lowest BCUT2D eigenvalue weighted by Crippen LogP contribution is -2.28. The van der Waals surface area contributed by atoms with E-state index in [0.29, 0.717) is 22.7 Å². The first-order chi connectivity index (χ1) is 19.9. The summed E-state index contributed by atoms with van der Waals surface area (Å²) >= 11 is 0. The van der Waals surface area contributed by atoms with Gasteiger partial charge in [-0.15, -0.1) is 0 Å². The van der Waals surface area contributed by atoms with Crippen LogP contribution in [0.15, 0.2) is 91.0 Å². The maximum atomic E-state index is 12.7. The van der Waals surface area contributed by atoms with Gasteiger partial charge in [0.05, 0.1) is 18.1 Å². The third-order valence-electron chi connectivity index (χ3n) is 6.61. The number of rotatable bonds is 9. The topological polar surface area (TPSA) is 111 Å². The van der Waals surface area contributed by atoms with E-state index in [1.807, 2.05) is 42.5 Å². The zero-order chi connectivity index (χ0) is 28.8. The van der Waals surface area contributed by atoms with Gasteiger partial charge in [-0.05, 0) is 66.9 Å². The maximum Gasteiger partial charge on any atom is 0.338 e. The summed E-state index contributed by atoms with van der Waals surface area (Å²) in [7, 11) is 0. The first kappa shape index (κ1) is 27.4. The van der Waals surface area contributed by atoms with Crippen LogP contribution in [-0.4, -0.2) is 43.5 Å². The molecule has 5 rings (SSSR count). The van der Waals surface area contributed by atoms with Gasteiger partial charge in [0.15, 0.2) is 6.61 Å². The van der Waals surface area contributed by atoms with Gasteiger partial charge in [-0.25, -0.2) is 4.79 Å². The van der Waals surface area contributed by atoms with Gasteiger partial charge in [0.25, 0.3) is 5.91 Å². The third-order valence-corrected chi connectivity index (χ3v) is 6.61. The Morgan fingerprint density at radius 3 is 2.37 bits per heavy atom. The molecule has 208 valence electrons. The molecular formula is C32H28N2O7. The van der Waals surface area contributed by atoms with Crippen LogP contribution in [0.5, 0.6) is 11.5 Å². The first-order valence-electron chi connectivity index (χ1n) is 13.2. The molecule has 4 aromatic carbocycles. The third kappa shape index (κ3) is 6.52. The SMILES string of the molecule is CCOC(=O)c1ccc(NC(=O)COC(=O)[C@@H]2CC(=O)N(c3ccc(Oc4cccc5ccccc45)cc3)C2)cc1. The number of carbonyl (C=O) groups excluding carboxylic acids is 4. The normalized spacial score (nSPS) is 14.5. The Balaban J connectivity index is 1.12. The van der Waals surface area contributed by atoms with Crippen molar-refractivity contribution in [3.63, 3.8) is 0 Å². The molecule has 4 aromatic rings. The van der Waals surface area contributed by atoms with Crippen molar-refractivity contribution in [3.05, 3.63) is 96.6 Å². The molecule has 1 N–H and O–H groups in total. The molecule has 1 aliphatic rings. The summed E-state index contributed by atoms with van der Waals surface area (Å²) in [5, 5.41) is 4.67. The molecule has 0 spiro atoms. The number of anilines is 2. The molecule has 0 radical (unpaired) electrons. The van der Waals surface area contributed by atoms with Crippen LogP contribution >= 0.6 is 0 Å².